The van der Waals surface area contributed by atoms with Crippen molar-refractivity contribution in [1.82, 2.24) is 14.7 Å². The van der Waals surface area contributed by atoms with Gasteiger partial charge in [0.15, 0.2) is 5.78 Å². The van der Waals surface area contributed by atoms with Crippen molar-refractivity contribution in [3.05, 3.63) is 45.9 Å². The molecule has 0 fully saturated rings. The first kappa shape index (κ1) is 24.4. The normalized spacial score (nSPS) is 11.4. The summed E-state index contributed by atoms with van der Waals surface area (Å²) in [6, 6.07) is 6.45. The first-order chi connectivity index (χ1) is 14.5. The molecule has 2 aromatic rings. The number of aromatic nitrogens is 2. The van der Waals surface area contributed by atoms with E-state index in [0.29, 0.717) is 23.5 Å². The van der Waals surface area contributed by atoms with E-state index in [4.69, 9.17) is 4.55 Å². The van der Waals surface area contributed by atoms with Gasteiger partial charge < -0.3 is 10.2 Å². The van der Waals surface area contributed by atoms with Gasteiger partial charge in [-0.15, -0.1) is 0 Å². The summed E-state index contributed by atoms with van der Waals surface area (Å²) in [4.78, 5) is 38.5. The Hall–Kier alpha value is -2.92. The van der Waals surface area contributed by atoms with Crippen LogP contribution in [-0.2, 0) is 22.0 Å². The molecule has 0 saturated heterocycles. The molecule has 0 aliphatic heterocycles. The second-order valence-electron chi connectivity index (χ2n) is 7.31. The van der Waals surface area contributed by atoms with Crippen LogP contribution in [0.1, 0.15) is 42.2 Å². The van der Waals surface area contributed by atoms with E-state index in [2.05, 4.69) is 5.32 Å². The van der Waals surface area contributed by atoms with Gasteiger partial charge in [-0.1, -0.05) is 19.1 Å². The van der Waals surface area contributed by atoms with Crippen molar-refractivity contribution in [2.24, 2.45) is 7.05 Å². The molecular formula is C20H28N4O6S. The van der Waals surface area contributed by atoms with Crippen LogP contribution in [0.3, 0.4) is 0 Å². The second-order valence-corrected chi connectivity index (χ2v) is 8.73. The van der Waals surface area contributed by atoms with Crippen molar-refractivity contribution in [3.63, 3.8) is 0 Å². The van der Waals surface area contributed by atoms with Crippen LogP contribution in [0, 0.1) is 6.92 Å². The van der Waals surface area contributed by atoms with E-state index in [-0.39, 0.29) is 30.2 Å². The second kappa shape index (κ2) is 9.92. The van der Waals surface area contributed by atoms with Gasteiger partial charge in [-0.05, 0) is 25.5 Å². The van der Waals surface area contributed by atoms with Crippen LogP contribution >= 0.6 is 0 Å². The van der Waals surface area contributed by atoms with Crippen LogP contribution in [0.2, 0.25) is 0 Å². The highest BCUT2D eigenvalue weighted by atomic mass is 32.2. The molecule has 1 heterocycles. The van der Waals surface area contributed by atoms with E-state index in [9.17, 15) is 22.8 Å². The zero-order chi connectivity index (χ0) is 23.3. The van der Waals surface area contributed by atoms with E-state index >= 15 is 0 Å². The maximum absolute atomic E-state index is 13.0. The number of amides is 1. The number of hydrogen-bond acceptors (Lipinski definition) is 6. The molecule has 10 nitrogen and oxygen atoms in total. The Bertz CT molecular complexity index is 1130. The molecule has 170 valence electrons. The molecule has 11 heteroatoms. The topological polar surface area (TPSA) is 131 Å². The third-order valence-corrected chi connectivity index (χ3v) is 5.54. The minimum Gasteiger partial charge on any atom is -0.356 e. The van der Waals surface area contributed by atoms with Gasteiger partial charge in [-0.3, -0.25) is 23.6 Å². The van der Waals surface area contributed by atoms with E-state index < -0.39 is 21.6 Å². The summed E-state index contributed by atoms with van der Waals surface area (Å²) >= 11 is 0. The van der Waals surface area contributed by atoms with E-state index in [0.717, 1.165) is 11.3 Å². The van der Waals surface area contributed by atoms with Gasteiger partial charge in [-0.2, -0.15) is 8.42 Å². The molecule has 0 aliphatic rings. The Labute approximate surface area is 181 Å². The molecule has 31 heavy (non-hydrogen) atoms. The molecular weight excluding hydrogens is 424 g/mol. The number of ketones is 1. The monoisotopic (exact) mass is 452 g/mol. The molecule has 0 unspecified atom stereocenters. The van der Waals surface area contributed by atoms with Crippen molar-refractivity contribution in [1.29, 1.82) is 0 Å². The highest BCUT2D eigenvalue weighted by Gasteiger charge is 2.22. The molecule has 0 spiro atoms. The van der Waals surface area contributed by atoms with Crippen molar-refractivity contribution >= 4 is 27.5 Å². The number of carbonyl (C=O) groups excluding carboxylic acids is 2. The Morgan fingerprint density at radius 2 is 1.90 bits per heavy atom. The number of rotatable bonds is 10. The zero-order valence-corrected chi connectivity index (χ0v) is 18.9. The zero-order valence-electron chi connectivity index (χ0n) is 18.1. The van der Waals surface area contributed by atoms with Crippen LogP contribution in [-0.4, -0.2) is 53.5 Å². The molecule has 0 bridgehead atoms. The number of Topliss-reactive ketones (excluding diaryl/α,β-unsaturated/α-hetero) is 1. The molecule has 0 radical (unpaired) electrons. The van der Waals surface area contributed by atoms with Crippen molar-refractivity contribution in [2.75, 3.05) is 24.4 Å². The van der Waals surface area contributed by atoms with Gasteiger partial charge in [-0.25, -0.2) is 4.68 Å². The number of carbonyl (C=O) groups is 2. The summed E-state index contributed by atoms with van der Waals surface area (Å²) in [5, 5.41) is 2.72. The summed E-state index contributed by atoms with van der Waals surface area (Å²) in [6.07, 6.45) is 0.938. The summed E-state index contributed by atoms with van der Waals surface area (Å²) in [5.74, 6) is -1.14. The largest absolute Gasteiger partial charge is 0.356 e. The van der Waals surface area contributed by atoms with Crippen LogP contribution < -0.4 is 15.8 Å². The highest BCUT2D eigenvalue weighted by molar-refractivity contribution is 7.85. The lowest BCUT2D eigenvalue weighted by atomic mass is 10.1. The Balaban J connectivity index is 2.32. The first-order valence-corrected chi connectivity index (χ1v) is 11.4. The summed E-state index contributed by atoms with van der Waals surface area (Å²) < 4.78 is 34.4. The predicted octanol–water partition coefficient (Wildman–Crippen LogP) is 1.26. The standard InChI is InChI=1S/C20H28N4O6S/c1-5-11-21-18(26)10-9-17(25)15-7-6-8-16(12-15)24-20(27)19(14(2)23(24)4)22(3)13-31(28,29)30/h6-8,12H,5,9-11,13H2,1-4H3,(H,21,26)(H,28,29,30). The van der Waals surface area contributed by atoms with Crippen molar-refractivity contribution < 1.29 is 22.6 Å². The lowest BCUT2D eigenvalue weighted by molar-refractivity contribution is -0.121. The van der Waals surface area contributed by atoms with Crippen LogP contribution in [0.5, 0.6) is 0 Å². The third kappa shape index (κ3) is 6.05. The predicted molar refractivity (Wildman–Crippen MR) is 117 cm³/mol. The minimum absolute atomic E-state index is 0.0441. The Morgan fingerprint density at radius 1 is 1.23 bits per heavy atom. The summed E-state index contributed by atoms with van der Waals surface area (Å²) in [5.41, 5.74) is 0.891. The summed E-state index contributed by atoms with van der Waals surface area (Å²) in [7, 11) is -1.29. The third-order valence-electron chi connectivity index (χ3n) is 4.83. The van der Waals surface area contributed by atoms with Crippen LogP contribution in [0.4, 0.5) is 5.69 Å². The fourth-order valence-electron chi connectivity index (χ4n) is 3.27. The molecule has 0 atom stereocenters. The molecule has 1 aromatic carbocycles. The van der Waals surface area contributed by atoms with E-state index in [1.165, 1.54) is 11.7 Å². The fourth-order valence-corrected chi connectivity index (χ4v) is 3.89. The van der Waals surface area contributed by atoms with Gasteiger partial charge in [0.05, 0.1) is 11.4 Å². The minimum atomic E-state index is -4.32. The number of anilines is 1. The van der Waals surface area contributed by atoms with Gasteiger partial charge in [0.25, 0.3) is 15.7 Å². The van der Waals surface area contributed by atoms with Gasteiger partial charge in [0, 0.05) is 39.0 Å². The molecule has 0 aliphatic carbocycles. The van der Waals surface area contributed by atoms with Crippen LogP contribution in [0.25, 0.3) is 5.69 Å². The average Bonchev–Trinajstić information content (AvgIpc) is 2.91. The van der Waals surface area contributed by atoms with Crippen LogP contribution in [0.15, 0.2) is 29.1 Å². The Morgan fingerprint density at radius 3 is 2.52 bits per heavy atom. The van der Waals surface area contributed by atoms with Crippen molar-refractivity contribution in [2.45, 2.75) is 33.1 Å². The number of nitrogens with one attached hydrogen (secondary N) is 1. The van der Waals surface area contributed by atoms with Gasteiger partial charge in [0.1, 0.15) is 11.6 Å². The smallest absolute Gasteiger partial charge is 0.295 e. The molecule has 2 rings (SSSR count). The molecule has 2 N–H and O–H groups in total. The SMILES string of the molecule is CCCNC(=O)CCC(=O)c1cccc(-n2c(=O)c(N(C)CS(=O)(=O)O)c(C)n2C)c1. The lowest BCUT2D eigenvalue weighted by Gasteiger charge is -2.15. The fraction of sp³-hybridized carbons (Fsp3) is 0.450. The number of benzene rings is 1. The maximum atomic E-state index is 13.0. The quantitative estimate of drug-likeness (QED) is 0.410. The van der Waals surface area contributed by atoms with E-state index in [1.54, 1.807) is 42.9 Å². The average molecular weight is 453 g/mol. The number of hydrogen-bond donors (Lipinski definition) is 2. The summed E-state index contributed by atoms with van der Waals surface area (Å²) in [6.45, 7) is 4.15. The highest BCUT2D eigenvalue weighted by Crippen LogP contribution is 2.19. The molecule has 1 amide bonds. The number of nitrogens with zero attached hydrogens (tertiary/aromatic N) is 3. The Kier molecular flexibility index (Phi) is 7.80. The first-order valence-electron chi connectivity index (χ1n) is 9.81. The molecule has 1 aromatic heterocycles. The lowest BCUT2D eigenvalue weighted by Crippen LogP contribution is -2.30. The van der Waals surface area contributed by atoms with Crippen molar-refractivity contribution in [3.8, 4) is 5.69 Å². The van der Waals surface area contributed by atoms with E-state index in [1.807, 2.05) is 6.92 Å². The van der Waals surface area contributed by atoms with Gasteiger partial charge >= 0.3 is 0 Å². The molecule has 0 saturated carbocycles. The van der Waals surface area contributed by atoms with Gasteiger partial charge in [0.2, 0.25) is 5.91 Å². The maximum Gasteiger partial charge on any atom is 0.295 e.